The SMILES string of the molecule is Cc1cc(OC(F)F)c(C(=O)N(C)Cc2cc(C(=O)O)c(C)o2)s1. The number of thiophene rings is 1. The molecule has 2 rings (SSSR count). The van der Waals surface area contributed by atoms with Crippen LogP contribution in [0.1, 0.15) is 36.4 Å². The van der Waals surface area contributed by atoms with Crippen LogP contribution in [0.5, 0.6) is 5.75 Å². The lowest BCUT2D eigenvalue weighted by Crippen LogP contribution is -2.25. The molecule has 0 aliphatic heterocycles. The van der Waals surface area contributed by atoms with Crippen molar-refractivity contribution < 1.29 is 32.6 Å². The topological polar surface area (TPSA) is 80.0 Å². The standard InChI is InChI=1S/C15H15F2NO5S/c1-7-4-11(23-15(16)17)12(24-7)13(19)18(3)6-9-5-10(14(20)21)8(2)22-9/h4-5,15H,6H2,1-3H3,(H,20,21). The van der Waals surface area contributed by atoms with Gasteiger partial charge in [0.1, 0.15) is 27.7 Å². The molecule has 2 heterocycles. The number of hydrogen-bond donors (Lipinski definition) is 1. The van der Waals surface area contributed by atoms with Gasteiger partial charge >= 0.3 is 12.6 Å². The van der Waals surface area contributed by atoms with Crippen molar-refractivity contribution in [2.24, 2.45) is 0 Å². The zero-order chi connectivity index (χ0) is 18.0. The van der Waals surface area contributed by atoms with Gasteiger partial charge in [0.15, 0.2) is 0 Å². The molecule has 130 valence electrons. The molecule has 0 bridgehead atoms. The lowest BCUT2D eigenvalue weighted by molar-refractivity contribution is -0.0499. The molecular weight excluding hydrogens is 344 g/mol. The summed E-state index contributed by atoms with van der Waals surface area (Å²) in [6.07, 6.45) is 0. The average molecular weight is 359 g/mol. The first-order valence-corrected chi connectivity index (χ1v) is 7.64. The summed E-state index contributed by atoms with van der Waals surface area (Å²) in [5.41, 5.74) is 0.0135. The number of alkyl halides is 2. The third kappa shape index (κ3) is 3.91. The van der Waals surface area contributed by atoms with Crippen molar-refractivity contribution in [2.45, 2.75) is 27.0 Å². The number of rotatable bonds is 6. The number of furan rings is 1. The van der Waals surface area contributed by atoms with Gasteiger partial charge in [-0.25, -0.2) is 4.79 Å². The van der Waals surface area contributed by atoms with Gasteiger partial charge in [0, 0.05) is 11.9 Å². The largest absolute Gasteiger partial charge is 0.478 e. The van der Waals surface area contributed by atoms with Crippen molar-refractivity contribution in [2.75, 3.05) is 7.05 Å². The fourth-order valence-electron chi connectivity index (χ4n) is 2.14. The first-order chi connectivity index (χ1) is 11.2. The molecule has 1 amide bonds. The number of carboxylic acids is 1. The van der Waals surface area contributed by atoms with Gasteiger partial charge in [-0.3, -0.25) is 4.79 Å². The van der Waals surface area contributed by atoms with E-state index in [4.69, 9.17) is 9.52 Å². The van der Waals surface area contributed by atoms with E-state index in [9.17, 15) is 18.4 Å². The van der Waals surface area contributed by atoms with Crippen molar-refractivity contribution in [3.8, 4) is 5.75 Å². The number of carbonyl (C=O) groups excluding carboxylic acids is 1. The summed E-state index contributed by atoms with van der Waals surface area (Å²) < 4.78 is 34.5. The second-order valence-electron chi connectivity index (χ2n) is 5.08. The Balaban J connectivity index is 2.18. The maximum atomic E-state index is 12.4. The molecule has 24 heavy (non-hydrogen) atoms. The zero-order valence-electron chi connectivity index (χ0n) is 13.1. The number of aryl methyl sites for hydroxylation is 2. The predicted molar refractivity (Wildman–Crippen MR) is 81.9 cm³/mol. The van der Waals surface area contributed by atoms with Gasteiger partial charge in [-0.05, 0) is 26.0 Å². The van der Waals surface area contributed by atoms with Gasteiger partial charge in [-0.1, -0.05) is 0 Å². The summed E-state index contributed by atoms with van der Waals surface area (Å²) >= 11 is 1.04. The third-order valence-corrected chi connectivity index (χ3v) is 4.19. The summed E-state index contributed by atoms with van der Waals surface area (Å²) in [4.78, 5) is 25.4. The molecular formula is C15H15F2NO5S. The molecule has 0 saturated carbocycles. The summed E-state index contributed by atoms with van der Waals surface area (Å²) in [6.45, 7) is 0.153. The summed E-state index contributed by atoms with van der Waals surface area (Å²) in [5, 5.41) is 9.00. The minimum absolute atomic E-state index is 0.00196. The number of amides is 1. The lowest BCUT2D eigenvalue weighted by atomic mass is 10.2. The van der Waals surface area contributed by atoms with Crippen LogP contribution in [-0.2, 0) is 6.54 Å². The van der Waals surface area contributed by atoms with Crippen LogP contribution in [0.2, 0.25) is 0 Å². The van der Waals surface area contributed by atoms with Crippen LogP contribution in [-0.4, -0.2) is 35.5 Å². The fourth-order valence-corrected chi connectivity index (χ4v) is 3.08. The van der Waals surface area contributed by atoms with Crippen LogP contribution in [0.4, 0.5) is 8.78 Å². The Labute approximate surface area is 140 Å². The maximum absolute atomic E-state index is 12.4. The van der Waals surface area contributed by atoms with Crippen molar-refractivity contribution >= 4 is 23.2 Å². The van der Waals surface area contributed by atoms with E-state index in [2.05, 4.69) is 4.74 Å². The van der Waals surface area contributed by atoms with Crippen LogP contribution in [0.25, 0.3) is 0 Å². The first-order valence-electron chi connectivity index (χ1n) is 6.82. The smallest absolute Gasteiger partial charge is 0.387 e. The summed E-state index contributed by atoms with van der Waals surface area (Å²) in [7, 11) is 1.46. The molecule has 9 heteroatoms. The molecule has 0 saturated heterocycles. The van der Waals surface area contributed by atoms with Crippen LogP contribution >= 0.6 is 11.3 Å². The predicted octanol–water partition coefficient (Wildman–Crippen LogP) is 3.53. The van der Waals surface area contributed by atoms with Gasteiger partial charge in [-0.15, -0.1) is 11.3 Å². The highest BCUT2D eigenvalue weighted by Crippen LogP contribution is 2.31. The highest BCUT2D eigenvalue weighted by molar-refractivity contribution is 7.14. The molecule has 6 nitrogen and oxygen atoms in total. The highest BCUT2D eigenvalue weighted by atomic mass is 32.1. The monoisotopic (exact) mass is 359 g/mol. The van der Waals surface area contributed by atoms with Gasteiger partial charge in [0.25, 0.3) is 5.91 Å². The van der Waals surface area contributed by atoms with E-state index in [-0.39, 0.29) is 34.3 Å². The second-order valence-corrected chi connectivity index (χ2v) is 6.33. The number of carboxylic acid groups (broad SMARTS) is 1. The van der Waals surface area contributed by atoms with Crippen LogP contribution in [0.3, 0.4) is 0 Å². The molecule has 0 aliphatic carbocycles. The van der Waals surface area contributed by atoms with Crippen LogP contribution in [0, 0.1) is 13.8 Å². The molecule has 0 unspecified atom stereocenters. The van der Waals surface area contributed by atoms with Crippen molar-refractivity contribution in [3.63, 3.8) is 0 Å². The van der Waals surface area contributed by atoms with E-state index in [1.165, 1.54) is 31.0 Å². The van der Waals surface area contributed by atoms with Crippen molar-refractivity contribution in [1.29, 1.82) is 0 Å². The quantitative estimate of drug-likeness (QED) is 0.853. The van der Waals surface area contributed by atoms with E-state index in [0.717, 1.165) is 11.3 Å². The molecule has 0 fully saturated rings. The Hall–Kier alpha value is -2.42. The maximum Gasteiger partial charge on any atom is 0.387 e. The minimum atomic E-state index is -3.03. The minimum Gasteiger partial charge on any atom is -0.478 e. The van der Waals surface area contributed by atoms with E-state index >= 15 is 0 Å². The van der Waals surface area contributed by atoms with E-state index in [1.807, 2.05) is 0 Å². The van der Waals surface area contributed by atoms with Gasteiger partial charge < -0.3 is 19.2 Å². The van der Waals surface area contributed by atoms with Crippen LogP contribution < -0.4 is 4.74 Å². The van der Waals surface area contributed by atoms with Gasteiger partial charge in [0.2, 0.25) is 0 Å². The van der Waals surface area contributed by atoms with E-state index in [1.54, 1.807) is 6.92 Å². The second kappa shape index (κ2) is 7.00. The van der Waals surface area contributed by atoms with Crippen molar-refractivity contribution in [1.82, 2.24) is 4.90 Å². The van der Waals surface area contributed by atoms with Gasteiger partial charge in [-0.2, -0.15) is 8.78 Å². The Kier molecular flexibility index (Phi) is 5.23. The highest BCUT2D eigenvalue weighted by Gasteiger charge is 2.23. The normalized spacial score (nSPS) is 10.9. The average Bonchev–Trinajstić information content (AvgIpc) is 3.00. The van der Waals surface area contributed by atoms with Gasteiger partial charge in [0.05, 0.1) is 6.54 Å². The molecule has 0 aliphatic rings. The number of aromatic carboxylic acids is 1. The number of ether oxygens (including phenoxy) is 1. The number of nitrogens with zero attached hydrogens (tertiary/aromatic N) is 1. The molecule has 2 aromatic heterocycles. The van der Waals surface area contributed by atoms with Crippen LogP contribution in [0.15, 0.2) is 16.5 Å². The molecule has 0 atom stereocenters. The van der Waals surface area contributed by atoms with Crippen molar-refractivity contribution in [3.05, 3.63) is 39.0 Å². The molecule has 1 N–H and O–H groups in total. The summed E-state index contributed by atoms with van der Waals surface area (Å²) in [5.74, 6) is -1.31. The molecule has 0 spiro atoms. The Morgan fingerprint density at radius 3 is 2.58 bits per heavy atom. The molecule has 0 radical (unpaired) electrons. The molecule has 0 aromatic carbocycles. The Morgan fingerprint density at radius 1 is 1.38 bits per heavy atom. The number of hydrogen-bond acceptors (Lipinski definition) is 5. The number of halogens is 2. The summed E-state index contributed by atoms with van der Waals surface area (Å²) in [6, 6.07) is 2.70. The number of carbonyl (C=O) groups is 2. The van der Waals surface area contributed by atoms with E-state index in [0.29, 0.717) is 4.88 Å². The first kappa shape index (κ1) is 17.9. The lowest BCUT2D eigenvalue weighted by Gasteiger charge is -2.15. The Bertz CT molecular complexity index is 768. The fraction of sp³-hybridized carbons (Fsp3) is 0.333. The zero-order valence-corrected chi connectivity index (χ0v) is 13.9. The third-order valence-electron chi connectivity index (χ3n) is 3.17. The molecule has 2 aromatic rings. The van der Waals surface area contributed by atoms with E-state index < -0.39 is 18.5 Å². The Morgan fingerprint density at radius 2 is 2.04 bits per heavy atom.